The molecule has 112 valence electrons. The topological polar surface area (TPSA) is 64.1 Å². The van der Waals surface area contributed by atoms with Crippen LogP contribution in [0.5, 0.6) is 5.75 Å². The number of halogens is 1. The predicted octanol–water partition coefficient (Wildman–Crippen LogP) is 3.20. The van der Waals surface area contributed by atoms with Gasteiger partial charge in [0.15, 0.2) is 10.9 Å². The Labute approximate surface area is 129 Å². The van der Waals surface area contributed by atoms with Gasteiger partial charge in [0, 0.05) is 5.75 Å². The smallest absolute Gasteiger partial charge is 0.264 e. The van der Waals surface area contributed by atoms with Gasteiger partial charge in [-0.25, -0.2) is 4.39 Å². The minimum atomic E-state index is -0.349. The number of aromatic nitrogens is 2. The van der Waals surface area contributed by atoms with Crippen molar-refractivity contribution < 1.29 is 13.9 Å². The van der Waals surface area contributed by atoms with Crippen molar-refractivity contribution in [2.75, 3.05) is 17.7 Å². The SMILES string of the molecule is CCCSc1nnc(NC(=O)COc2ccc(F)cc2)s1. The first kappa shape index (κ1) is 15.7. The summed E-state index contributed by atoms with van der Waals surface area (Å²) < 4.78 is 18.8. The predicted molar refractivity (Wildman–Crippen MR) is 81.4 cm³/mol. The van der Waals surface area contributed by atoms with E-state index in [1.54, 1.807) is 11.8 Å². The highest BCUT2D eigenvalue weighted by molar-refractivity contribution is 8.01. The molecule has 0 saturated heterocycles. The minimum Gasteiger partial charge on any atom is -0.484 e. The van der Waals surface area contributed by atoms with E-state index in [9.17, 15) is 9.18 Å². The van der Waals surface area contributed by atoms with Crippen molar-refractivity contribution in [3.05, 3.63) is 30.1 Å². The van der Waals surface area contributed by atoms with Crippen molar-refractivity contribution in [3.63, 3.8) is 0 Å². The number of benzene rings is 1. The Bertz CT molecular complexity index is 589. The van der Waals surface area contributed by atoms with Gasteiger partial charge in [0.25, 0.3) is 5.91 Å². The van der Waals surface area contributed by atoms with Crippen LogP contribution in [-0.2, 0) is 4.79 Å². The lowest BCUT2D eigenvalue weighted by molar-refractivity contribution is -0.118. The standard InChI is InChI=1S/C13H14FN3O2S2/c1-2-7-20-13-17-16-12(21-13)15-11(18)8-19-10-5-3-9(14)4-6-10/h3-6H,2,7-8H2,1H3,(H,15,16,18). The third kappa shape index (κ3) is 5.31. The molecule has 0 bridgehead atoms. The quantitative estimate of drug-likeness (QED) is 0.625. The zero-order valence-corrected chi connectivity index (χ0v) is 13.0. The monoisotopic (exact) mass is 327 g/mol. The maximum absolute atomic E-state index is 12.7. The summed E-state index contributed by atoms with van der Waals surface area (Å²) in [6.45, 7) is 1.92. The van der Waals surface area contributed by atoms with Gasteiger partial charge in [0.1, 0.15) is 11.6 Å². The number of anilines is 1. The van der Waals surface area contributed by atoms with Gasteiger partial charge in [0.2, 0.25) is 5.13 Å². The normalized spacial score (nSPS) is 10.4. The highest BCUT2D eigenvalue weighted by Crippen LogP contribution is 2.25. The first-order valence-corrected chi connectivity index (χ1v) is 8.12. The molecule has 1 N–H and O–H groups in total. The summed E-state index contributed by atoms with van der Waals surface area (Å²) in [4.78, 5) is 11.7. The van der Waals surface area contributed by atoms with Gasteiger partial charge in [-0.15, -0.1) is 10.2 Å². The highest BCUT2D eigenvalue weighted by Gasteiger charge is 2.09. The molecular weight excluding hydrogens is 313 g/mol. The number of hydrogen-bond acceptors (Lipinski definition) is 6. The summed E-state index contributed by atoms with van der Waals surface area (Å²) in [5.74, 6) is 0.722. The Morgan fingerprint density at radius 2 is 2.14 bits per heavy atom. The van der Waals surface area contributed by atoms with Crippen LogP contribution in [0.2, 0.25) is 0 Å². The van der Waals surface area contributed by atoms with Crippen LogP contribution in [0.4, 0.5) is 9.52 Å². The van der Waals surface area contributed by atoms with Gasteiger partial charge < -0.3 is 4.74 Å². The van der Waals surface area contributed by atoms with Crippen LogP contribution in [-0.4, -0.2) is 28.5 Å². The van der Waals surface area contributed by atoms with Gasteiger partial charge in [-0.1, -0.05) is 30.0 Å². The molecule has 0 radical (unpaired) electrons. The van der Waals surface area contributed by atoms with Crippen LogP contribution in [0.3, 0.4) is 0 Å². The van der Waals surface area contributed by atoms with Crippen LogP contribution in [0.15, 0.2) is 28.6 Å². The molecule has 0 aliphatic heterocycles. The van der Waals surface area contributed by atoms with Gasteiger partial charge in [-0.3, -0.25) is 10.1 Å². The van der Waals surface area contributed by atoms with Gasteiger partial charge in [0.05, 0.1) is 0 Å². The summed E-state index contributed by atoms with van der Waals surface area (Å²) >= 11 is 2.94. The third-order valence-electron chi connectivity index (χ3n) is 2.27. The lowest BCUT2D eigenvalue weighted by Gasteiger charge is -2.05. The minimum absolute atomic E-state index is 0.164. The highest BCUT2D eigenvalue weighted by atomic mass is 32.2. The molecule has 1 amide bonds. The van der Waals surface area contributed by atoms with Crippen LogP contribution < -0.4 is 10.1 Å². The number of carbonyl (C=O) groups is 1. The lowest BCUT2D eigenvalue weighted by Crippen LogP contribution is -2.20. The zero-order chi connectivity index (χ0) is 15.1. The van der Waals surface area contributed by atoms with E-state index in [0.717, 1.165) is 16.5 Å². The first-order valence-electron chi connectivity index (χ1n) is 6.32. The van der Waals surface area contributed by atoms with Crippen molar-refractivity contribution in [2.24, 2.45) is 0 Å². The molecule has 21 heavy (non-hydrogen) atoms. The molecule has 2 aromatic rings. The summed E-state index contributed by atoms with van der Waals surface area (Å²) in [6.07, 6.45) is 1.05. The molecule has 1 aromatic carbocycles. The number of amides is 1. The average Bonchev–Trinajstić information content (AvgIpc) is 2.92. The summed E-state index contributed by atoms with van der Waals surface area (Å²) in [5.41, 5.74) is 0. The summed E-state index contributed by atoms with van der Waals surface area (Å²) in [6, 6.07) is 5.48. The molecule has 1 heterocycles. The number of thioether (sulfide) groups is 1. The van der Waals surface area contributed by atoms with Crippen LogP contribution in [0, 0.1) is 5.82 Å². The fourth-order valence-corrected chi connectivity index (χ4v) is 3.04. The van der Waals surface area contributed by atoms with Crippen LogP contribution >= 0.6 is 23.1 Å². The Morgan fingerprint density at radius 1 is 1.38 bits per heavy atom. The Kier molecular flexibility index (Phi) is 5.94. The van der Waals surface area contributed by atoms with Gasteiger partial charge >= 0.3 is 0 Å². The number of nitrogens with zero attached hydrogens (tertiary/aromatic N) is 2. The molecule has 0 saturated carbocycles. The van der Waals surface area contributed by atoms with Gasteiger partial charge in [-0.2, -0.15) is 0 Å². The summed E-state index contributed by atoms with van der Waals surface area (Å²) in [5, 5.41) is 10.9. The zero-order valence-electron chi connectivity index (χ0n) is 11.3. The van der Waals surface area contributed by atoms with Crippen molar-refractivity contribution >= 4 is 34.1 Å². The van der Waals surface area contributed by atoms with Crippen LogP contribution in [0.1, 0.15) is 13.3 Å². The number of rotatable bonds is 7. The van der Waals surface area contributed by atoms with E-state index in [0.29, 0.717) is 10.9 Å². The number of nitrogens with one attached hydrogen (secondary N) is 1. The largest absolute Gasteiger partial charge is 0.484 e. The maximum Gasteiger partial charge on any atom is 0.264 e. The van der Waals surface area contributed by atoms with E-state index < -0.39 is 0 Å². The second-order valence-corrected chi connectivity index (χ2v) is 6.33. The van der Waals surface area contributed by atoms with E-state index in [2.05, 4.69) is 22.4 Å². The molecule has 1 aromatic heterocycles. The second-order valence-electron chi connectivity index (χ2n) is 4.01. The first-order chi connectivity index (χ1) is 10.2. The van der Waals surface area contributed by atoms with E-state index in [1.165, 1.54) is 35.6 Å². The molecule has 5 nitrogen and oxygen atoms in total. The van der Waals surface area contributed by atoms with Crippen molar-refractivity contribution in [1.82, 2.24) is 10.2 Å². The fraction of sp³-hybridized carbons (Fsp3) is 0.308. The molecule has 0 spiro atoms. The molecule has 0 aliphatic rings. The van der Waals surface area contributed by atoms with Gasteiger partial charge in [-0.05, 0) is 30.7 Å². The second kappa shape index (κ2) is 7.94. The Hall–Kier alpha value is -1.67. The maximum atomic E-state index is 12.7. The average molecular weight is 327 g/mol. The molecular formula is C13H14FN3O2S2. The van der Waals surface area contributed by atoms with Crippen molar-refractivity contribution in [2.45, 2.75) is 17.7 Å². The summed E-state index contributed by atoms with van der Waals surface area (Å²) in [7, 11) is 0. The molecule has 0 unspecified atom stereocenters. The van der Waals surface area contributed by atoms with E-state index in [1.807, 2.05) is 0 Å². The number of carbonyl (C=O) groups excluding carboxylic acids is 1. The van der Waals surface area contributed by atoms with Crippen molar-refractivity contribution in [3.8, 4) is 5.75 Å². The Balaban J connectivity index is 1.78. The fourth-order valence-electron chi connectivity index (χ4n) is 1.34. The molecule has 0 aliphatic carbocycles. The molecule has 2 rings (SSSR count). The molecule has 0 fully saturated rings. The van der Waals surface area contributed by atoms with E-state index in [-0.39, 0.29) is 18.3 Å². The molecule has 8 heteroatoms. The lowest BCUT2D eigenvalue weighted by atomic mass is 10.3. The third-order valence-corrected chi connectivity index (χ3v) is 4.44. The number of ether oxygens (including phenoxy) is 1. The molecule has 0 atom stereocenters. The number of hydrogen-bond donors (Lipinski definition) is 1. The van der Waals surface area contributed by atoms with E-state index >= 15 is 0 Å². The van der Waals surface area contributed by atoms with Crippen molar-refractivity contribution in [1.29, 1.82) is 0 Å². The van der Waals surface area contributed by atoms with E-state index in [4.69, 9.17) is 4.74 Å². The van der Waals surface area contributed by atoms with Crippen LogP contribution in [0.25, 0.3) is 0 Å². The Morgan fingerprint density at radius 3 is 2.86 bits per heavy atom.